The molecule has 0 atom stereocenters. The topological polar surface area (TPSA) is 45.5 Å². The average molecular weight is 469 g/mol. The largest absolute Gasteiger partial charge is 0.367 e. The molecule has 5 nitrogen and oxygen atoms in total. The van der Waals surface area contributed by atoms with Crippen molar-refractivity contribution in [3.63, 3.8) is 0 Å². The van der Waals surface area contributed by atoms with Crippen LogP contribution in [0.15, 0.2) is 58.0 Å². The molecule has 0 radical (unpaired) electrons. The molecule has 0 N–H and O–H groups in total. The van der Waals surface area contributed by atoms with E-state index in [1.165, 1.54) is 10.0 Å². The highest BCUT2D eigenvalue weighted by atomic mass is 79.9. The van der Waals surface area contributed by atoms with Crippen molar-refractivity contribution >= 4 is 54.1 Å². The summed E-state index contributed by atoms with van der Waals surface area (Å²) < 4.78 is 28.9. The lowest BCUT2D eigenvalue weighted by molar-refractivity contribution is 0.313. The summed E-state index contributed by atoms with van der Waals surface area (Å²) in [4.78, 5) is 4.70. The van der Waals surface area contributed by atoms with Crippen LogP contribution in [-0.4, -0.2) is 50.5 Å². The molecule has 2 aromatic carbocycles. The van der Waals surface area contributed by atoms with Gasteiger partial charge in [0.15, 0.2) is 0 Å². The maximum atomic E-state index is 13.3. The number of halogens is 2. The van der Waals surface area contributed by atoms with E-state index in [9.17, 15) is 8.42 Å². The predicted octanol–water partition coefficient (Wildman–Crippen LogP) is 4.05. The van der Waals surface area contributed by atoms with Gasteiger partial charge in [-0.3, -0.25) is 0 Å². The van der Waals surface area contributed by atoms with E-state index in [0.29, 0.717) is 10.5 Å². The highest BCUT2D eigenvalue weighted by Crippen LogP contribution is 2.34. The number of nitrogens with zero attached hydrogens (tertiary/aromatic N) is 3. The normalized spacial score (nSPS) is 16.2. The molecule has 1 saturated heterocycles. The van der Waals surface area contributed by atoms with Gasteiger partial charge in [0.05, 0.1) is 16.1 Å². The van der Waals surface area contributed by atoms with Gasteiger partial charge in [-0.05, 0) is 43.4 Å². The van der Waals surface area contributed by atoms with Crippen molar-refractivity contribution < 1.29 is 8.42 Å². The van der Waals surface area contributed by atoms with Crippen LogP contribution in [0, 0.1) is 0 Å². The van der Waals surface area contributed by atoms with Gasteiger partial charge >= 0.3 is 0 Å². The van der Waals surface area contributed by atoms with Crippen LogP contribution in [0.4, 0.5) is 5.69 Å². The van der Waals surface area contributed by atoms with Gasteiger partial charge in [-0.2, -0.15) is 0 Å². The van der Waals surface area contributed by atoms with Gasteiger partial charge in [0, 0.05) is 47.3 Å². The standard InChI is InChI=1S/C19H19BrClN3O2S/c1-22-7-9-23(10-8-22)19-13-24(18-6-5-14(20)11-17(18)19)27(25,26)16-4-2-3-15(21)12-16/h2-6,11-13H,7-10H2,1H3. The molecule has 0 aliphatic carbocycles. The third kappa shape index (κ3) is 3.49. The summed E-state index contributed by atoms with van der Waals surface area (Å²) in [5, 5.41) is 1.31. The van der Waals surface area contributed by atoms with E-state index in [4.69, 9.17) is 11.6 Å². The Morgan fingerprint density at radius 3 is 2.48 bits per heavy atom. The van der Waals surface area contributed by atoms with Gasteiger partial charge in [-0.15, -0.1) is 0 Å². The van der Waals surface area contributed by atoms with Gasteiger partial charge in [0.25, 0.3) is 10.0 Å². The van der Waals surface area contributed by atoms with E-state index in [1.54, 1.807) is 24.4 Å². The second-order valence-corrected chi connectivity index (χ2v) is 9.89. The van der Waals surface area contributed by atoms with Crippen molar-refractivity contribution in [2.45, 2.75) is 4.90 Å². The first-order chi connectivity index (χ1) is 12.9. The Morgan fingerprint density at radius 2 is 1.78 bits per heavy atom. The second-order valence-electron chi connectivity index (χ2n) is 6.72. The molecule has 27 heavy (non-hydrogen) atoms. The number of anilines is 1. The van der Waals surface area contributed by atoms with Gasteiger partial charge in [0.2, 0.25) is 0 Å². The third-order valence-electron chi connectivity index (χ3n) is 4.91. The third-order valence-corrected chi connectivity index (χ3v) is 7.31. The van der Waals surface area contributed by atoms with Crippen LogP contribution >= 0.6 is 27.5 Å². The van der Waals surface area contributed by atoms with E-state index in [2.05, 4.69) is 32.8 Å². The Hall–Kier alpha value is -1.54. The fraction of sp³-hybridized carbons (Fsp3) is 0.263. The summed E-state index contributed by atoms with van der Waals surface area (Å²) in [5.41, 5.74) is 1.59. The molecule has 4 rings (SSSR count). The summed E-state index contributed by atoms with van der Waals surface area (Å²) >= 11 is 9.54. The highest BCUT2D eigenvalue weighted by molar-refractivity contribution is 9.10. The zero-order valence-electron chi connectivity index (χ0n) is 14.8. The first-order valence-electron chi connectivity index (χ1n) is 8.61. The van der Waals surface area contributed by atoms with Gasteiger partial charge in [-0.1, -0.05) is 33.6 Å². The molecule has 0 saturated carbocycles. The first kappa shape index (κ1) is 18.8. The molecular formula is C19H19BrClN3O2S. The fourth-order valence-electron chi connectivity index (χ4n) is 3.39. The molecule has 142 valence electrons. The van der Waals surface area contributed by atoms with Crippen LogP contribution in [0.5, 0.6) is 0 Å². The van der Waals surface area contributed by atoms with Crippen molar-refractivity contribution in [2.24, 2.45) is 0 Å². The van der Waals surface area contributed by atoms with Crippen molar-refractivity contribution in [3.05, 3.63) is 58.2 Å². The number of fused-ring (bicyclic) bond motifs is 1. The molecule has 0 bridgehead atoms. The van der Waals surface area contributed by atoms with Crippen LogP contribution in [0.3, 0.4) is 0 Å². The molecule has 1 aliphatic heterocycles. The van der Waals surface area contributed by atoms with E-state index in [1.807, 2.05) is 18.2 Å². The van der Waals surface area contributed by atoms with E-state index < -0.39 is 10.0 Å². The van der Waals surface area contributed by atoms with Gasteiger partial charge in [-0.25, -0.2) is 12.4 Å². The Morgan fingerprint density at radius 1 is 1.04 bits per heavy atom. The monoisotopic (exact) mass is 467 g/mol. The lowest BCUT2D eigenvalue weighted by Gasteiger charge is -2.33. The molecule has 1 aliphatic rings. The van der Waals surface area contributed by atoms with Crippen molar-refractivity contribution in [1.29, 1.82) is 0 Å². The van der Waals surface area contributed by atoms with Crippen LogP contribution in [0.25, 0.3) is 10.9 Å². The van der Waals surface area contributed by atoms with Crippen LogP contribution < -0.4 is 4.90 Å². The number of hydrogen-bond acceptors (Lipinski definition) is 4. The Kier molecular flexibility index (Phi) is 4.96. The number of benzene rings is 2. The fourth-order valence-corrected chi connectivity index (χ4v) is 5.42. The van der Waals surface area contributed by atoms with Gasteiger partial charge < -0.3 is 9.80 Å². The number of rotatable bonds is 3. The molecular weight excluding hydrogens is 450 g/mol. The van der Waals surface area contributed by atoms with Crippen molar-refractivity contribution in [2.75, 3.05) is 38.1 Å². The molecule has 0 spiro atoms. The molecule has 8 heteroatoms. The summed E-state index contributed by atoms with van der Waals surface area (Å²) in [6.07, 6.45) is 1.73. The van der Waals surface area contributed by atoms with E-state index >= 15 is 0 Å². The molecule has 2 heterocycles. The quantitative estimate of drug-likeness (QED) is 0.582. The summed E-state index contributed by atoms with van der Waals surface area (Å²) in [5.74, 6) is 0. The average Bonchev–Trinajstić information content (AvgIpc) is 3.02. The van der Waals surface area contributed by atoms with Crippen LogP contribution in [-0.2, 0) is 10.0 Å². The number of hydrogen-bond donors (Lipinski definition) is 0. The summed E-state index contributed by atoms with van der Waals surface area (Å²) in [7, 11) is -1.65. The Bertz CT molecular complexity index is 1110. The van der Waals surface area contributed by atoms with Crippen molar-refractivity contribution in [3.8, 4) is 0 Å². The van der Waals surface area contributed by atoms with Gasteiger partial charge in [0.1, 0.15) is 0 Å². The number of aromatic nitrogens is 1. The minimum Gasteiger partial charge on any atom is -0.367 e. The molecule has 1 fully saturated rings. The number of likely N-dealkylation sites (N-methyl/N-ethyl adjacent to an activating group) is 1. The summed E-state index contributed by atoms with van der Waals surface area (Å²) in [6.45, 7) is 3.61. The minimum absolute atomic E-state index is 0.180. The van der Waals surface area contributed by atoms with E-state index in [0.717, 1.165) is 41.7 Å². The maximum Gasteiger partial charge on any atom is 0.268 e. The lowest BCUT2D eigenvalue weighted by atomic mass is 10.2. The number of piperazine rings is 1. The molecule has 0 amide bonds. The molecule has 3 aromatic rings. The first-order valence-corrected chi connectivity index (χ1v) is 11.2. The lowest BCUT2D eigenvalue weighted by Crippen LogP contribution is -2.44. The Labute approximate surface area is 172 Å². The predicted molar refractivity (Wildman–Crippen MR) is 113 cm³/mol. The minimum atomic E-state index is -3.75. The zero-order valence-corrected chi connectivity index (χ0v) is 17.9. The van der Waals surface area contributed by atoms with Crippen molar-refractivity contribution in [1.82, 2.24) is 8.87 Å². The maximum absolute atomic E-state index is 13.3. The smallest absolute Gasteiger partial charge is 0.268 e. The SMILES string of the molecule is CN1CCN(c2cn(S(=O)(=O)c3cccc(Cl)c3)c3ccc(Br)cc23)CC1. The van der Waals surface area contributed by atoms with Crippen LogP contribution in [0.2, 0.25) is 5.02 Å². The Balaban J connectivity index is 1.89. The van der Waals surface area contributed by atoms with Crippen LogP contribution in [0.1, 0.15) is 0 Å². The highest BCUT2D eigenvalue weighted by Gasteiger charge is 2.25. The summed E-state index contributed by atoms with van der Waals surface area (Å²) in [6, 6.07) is 12.0. The molecule has 1 aromatic heterocycles. The van der Waals surface area contributed by atoms with E-state index in [-0.39, 0.29) is 4.90 Å². The zero-order chi connectivity index (χ0) is 19.2. The second kappa shape index (κ2) is 7.13. The molecule has 0 unspecified atom stereocenters.